The van der Waals surface area contributed by atoms with Gasteiger partial charge in [0.25, 0.3) is 0 Å². The van der Waals surface area contributed by atoms with Gasteiger partial charge in [0.2, 0.25) is 0 Å². The fourth-order valence-corrected chi connectivity index (χ4v) is 0. The molecule has 0 aliphatic rings. The molecule has 1 N–H and O–H groups in total. The number of hydrogen-bond acceptors (Lipinski definition) is 1. The van der Waals surface area contributed by atoms with Crippen LogP contribution in [0, 0.1) is 0 Å². The summed E-state index contributed by atoms with van der Waals surface area (Å²) in [4.78, 5) is 8.65. The molecule has 0 aromatic rings. The van der Waals surface area contributed by atoms with Gasteiger partial charge < -0.3 is 4.89 Å². The summed E-state index contributed by atoms with van der Waals surface area (Å²) in [5.41, 5.74) is -0.0903. The van der Waals surface area contributed by atoms with E-state index in [4.69, 9.17) is 4.89 Å². The Kier molecular flexibility index (Phi) is 2.03. The van der Waals surface area contributed by atoms with Gasteiger partial charge in [0.1, 0.15) is 0 Å². The highest BCUT2D eigenvalue weighted by molar-refractivity contribution is 7.57. The van der Waals surface area contributed by atoms with Gasteiger partial charge in [0.15, 0.2) is 7.37 Å². The van der Waals surface area contributed by atoms with Gasteiger partial charge in [-0.15, -0.1) is 0 Å². The first-order valence-electron chi connectivity index (χ1n) is 2.24. The zero-order valence-corrected chi connectivity index (χ0v) is 5.77. The summed E-state index contributed by atoms with van der Waals surface area (Å²) in [5.74, 6) is 0. The van der Waals surface area contributed by atoms with Gasteiger partial charge in [-0.2, -0.15) is 0 Å². The van der Waals surface area contributed by atoms with Crippen LogP contribution in [0.1, 0.15) is 13.8 Å². The minimum absolute atomic E-state index is 0.0903. The van der Waals surface area contributed by atoms with Crippen molar-refractivity contribution in [1.29, 1.82) is 0 Å². The first-order valence-corrected chi connectivity index (χ1v) is 4.42. The fraction of sp³-hybridized carbons (Fsp3) is 1.00. The normalized spacial score (nSPS) is 19.6. The summed E-state index contributed by atoms with van der Waals surface area (Å²) < 4.78 is 10.5. The van der Waals surface area contributed by atoms with Crippen molar-refractivity contribution < 1.29 is 9.46 Å². The molecule has 0 aliphatic carbocycles. The fourth-order valence-electron chi connectivity index (χ4n) is 0. The molecule has 0 aromatic carbocycles. The molecule has 0 amide bonds. The van der Waals surface area contributed by atoms with Crippen LogP contribution in [-0.4, -0.2) is 17.2 Å². The molecule has 1 atom stereocenters. The summed E-state index contributed by atoms with van der Waals surface area (Å²) >= 11 is 0. The summed E-state index contributed by atoms with van der Waals surface area (Å²) in [7, 11) is -2.74. The van der Waals surface area contributed by atoms with E-state index in [1.165, 1.54) is 6.66 Å². The van der Waals surface area contributed by atoms with Crippen LogP contribution in [0.2, 0.25) is 0 Å². The molecule has 0 fully saturated rings. The van der Waals surface area contributed by atoms with E-state index in [0.29, 0.717) is 0 Å². The smallest absolute Gasteiger partial charge is 0.200 e. The van der Waals surface area contributed by atoms with Crippen LogP contribution < -0.4 is 0 Å². The number of hydrogen-bond donors (Lipinski definition) is 1. The minimum Gasteiger partial charge on any atom is -0.344 e. The Balaban J connectivity index is 3.80. The number of rotatable bonds is 1. The predicted molar refractivity (Wildman–Crippen MR) is 30.9 cm³/mol. The van der Waals surface area contributed by atoms with Crippen LogP contribution in [-0.2, 0) is 4.57 Å². The topological polar surface area (TPSA) is 37.3 Å². The van der Waals surface area contributed by atoms with E-state index in [-0.39, 0.29) is 5.66 Å². The summed E-state index contributed by atoms with van der Waals surface area (Å²) in [5, 5.41) is 0. The SMILES string of the molecule is CC(C)P(C)(=O)O. The zero-order valence-electron chi connectivity index (χ0n) is 4.88. The molecule has 3 heteroatoms. The molecule has 0 aliphatic heterocycles. The molecule has 0 saturated carbocycles. The molecule has 0 radical (unpaired) electrons. The van der Waals surface area contributed by atoms with E-state index < -0.39 is 7.37 Å². The van der Waals surface area contributed by atoms with Gasteiger partial charge in [-0.3, -0.25) is 4.57 Å². The second kappa shape index (κ2) is 1.97. The van der Waals surface area contributed by atoms with Crippen LogP contribution in [0.3, 0.4) is 0 Å². The van der Waals surface area contributed by atoms with Gasteiger partial charge in [0, 0.05) is 12.3 Å². The van der Waals surface area contributed by atoms with Crippen molar-refractivity contribution in [2.75, 3.05) is 6.66 Å². The van der Waals surface area contributed by atoms with Crippen LogP contribution in [0.25, 0.3) is 0 Å². The minimum atomic E-state index is -2.74. The average molecular weight is 122 g/mol. The molecular weight excluding hydrogens is 111 g/mol. The Bertz CT molecular complexity index is 91.9. The zero-order chi connectivity index (χ0) is 6.08. The Morgan fingerprint density at radius 1 is 1.57 bits per heavy atom. The molecular formula is C4H11O2P. The monoisotopic (exact) mass is 122 g/mol. The second-order valence-corrected chi connectivity index (χ2v) is 4.96. The van der Waals surface area contributed by atoms with E-state index in [2.05, 4.69) is 0 Å². The molecule has 0 aromatic heterocycles. The lowest BCUT2D eigenvalue weighted by Crippen LogP contribution is -1.93. The third kappa shape index (κ3) is 2.84. The van der Waals surface area contributed by atoms with E-state index in [1.54, 1.807) is 13.8 Å². The molecule has 0 rings (SSSR count). The molecule has 7 heavy (non-hydrogen) atoms. The highest BCUT2D eigenvalue weighted by Crippen LogP contribution is 2.40. The lowest BCUT2D eigenvalue weighted by atomic mass is 10.6. The van der Waals surface area contributed by atoms with Crippen LogP contribution in [0.4, 0.5) is 0 Å². The molecule has 0 heterocycles. The third-order valence-corrected chi connectivity index (χ3v) is 2.87. The molecule has 0 bridgehead atoms. The van der Waals surface area contributed by atoms with Crippen molar-refractivity contribution in [3.63, 3.8) is 0 Å². The Morgan fingerprint density at radius 3 is 1.71 bits per heavy atom. The van der Waals surface area contributed by atoms with E-state index >= 15 is 0 Å². The van der Waals surface area contributed by atoms with Gasteiger partial charge >= 0.3 is 0 Å². The lowest BCUT2D eigenvalue weighted by molar-refractivity contribution is 0.476. The first-order chi connectivity index (χ1) is 2.94. The van der Waals surface area contributed by atoms with Gasteiger partial charge in [0.05, 0.1) is 0 Å². The maximum atomic E-state index is 10.5. The third-order valence-electron chi connectivity index (χ3n) is 0.958. The molecule has 1 unspecified atom stereocenters. The standard InChI is InChI=1S/C4H11O2P/c1-4(2)7(3,5)6/h4H,1-3H3,(H,5,6). The Labute approximate surface area is 44.0 Å². The largest absolute Gasteiger partial charge is 0.344 e. The second-order valence-electron chi connectivity index (χ2n) is 2.04. The summed E-state index contributed by atoms with van der Waals surface area (Å²) in [6, 6.07) is 0. The van der Waals surface area contributed by atoms with Crippen molar-refractivity contribution in [3.8, 4) is 0 Å². The molecule has 44 valence electrons. The van der Waals surface area contributed by atoms with Gasteiger partial charge in [-0.25, -0.2) is 0 Å². The highest BCUT2D eigenvalue weighted by Gasteiger charge is 2.13. The van der Waals surface area contributed by atoms with E-state index in [9.17, 15) is 4.57 Å². The van der Waals surface area contributed by atoms with Crippen molar-refractivity contribution in [2.45, 2.75) is 19.5 Å². The molecule has 0 saturated heterocycles. The maximum absolute atomic E-state index is 10.5. The summed E-state index contributed by atoms with van der Waals surface area (Å²) in [6.07, 6.45) is 0. The quantitative estimate of drug-likeness (QED) is 0.532. The van der Waals surface area contributed by atoms with Crippen molar-refractivity contribution >= 4 is 7.37 Å². The van der Waals surface area contributed by atoms with Crippen molar-refractivity contribution in [2.24, 2.45) is 0 Å². The van der Waals surface area contributed by atoms with E-state index in [1.807, 2.05) is 0 Å². The molecule has 0 spiro atoms. The Hall–Kier alpha value is 0.190. The predicted octanol–water partition coefficient (Wildman–Crippen LogP) is 1.29. The first kappa shape index (κ1) is 7.19. The van der Waals surface area contributed by atoms with Gasteiger partial charge in [-0.1, -0.05) is 13.8 Å². The molecule has 2 nitrogen and oxygen atoms in total. The maximum Gasteiger partial charge on any atom is 0.200 e. The van der Waals surface area contributed by atoms with Crippen LogP contribution >= 0.6 is 7.37 Å². The lowest BCUT2D eigenvalue weighted by Gasteiger charge is -2.06. The van der Waals surface area contributed by atoms with Crippen LogP contribution in [0.15, 0.2) is 0 Å². The van der Waals surface area contributed by atoms with Crippen molar-refractivity contribution in [1.82, 2.24) is 0 Å². The van der Waals surface area contributed by atoms with Gasteiger partial charge in [-0.05, 0) is 0 Å². The summed E-state index contributed by atoms with van der Waals surface area (Å²) in [6.45, 7) is 4.85. The van der Waals surface area contributed by atoms with Crippen molar-refractivity contribution in [3.05, 3.63) is 0 Å². The highest BCUT2D eigenvalue weighted by atomic mass is 31.2. The average Bonchev–Trinajstić information content (AvgIpc) is 1.31. The van der Waals surface area contributed by atoms with E-state index in [0.717, 1.165) is 0 Å². The van der Waals surface area contributed by atoms with Crippen LogP contribution in [0.5, 0.6) is 0 Å². The Morgan fingerprint density at radius 2 is 1.71 bits per heavy atom.